The van der Waals surface area contributed by atoms with Crippen molar-refractivity contribution >= 4 is 28.4 Å². The first-order valence-electron chi connectivity index (χ1n) is 9.61. The predicted octanol–water partition coefficient (Wildman–Crippen LogP) is 3.04. The molecule has 30 heavy (non-hydrogen) atoms. The molecule has 0 saturated heterocycles. The molecule has 2 aromatic heterocycles. The quantitative estimate of drug-likeness (QED) is 0.408. The molecule has 0 unspecified atom stereocenters. The van der Waals surface area contributed by atoms with Crippen LogP contribution >= 0.6 is 0 Å². The molecule has 2 heterocycles. The number of Topliss-reactive ketones (excluding diaryl/α,β-unsaturated/α-hetero) is 2. The first-order chi connectivity index (χ1) is 14.5. The Balaban J connectivity index is 1.95. The number of nitrogens with zero attached hydrogens (tertiary/aromatic N) is 2. The van der Waals surface area contributed by atoms with Crippen LogP contribution in [0.1, 0.15) is 30.4 Å². The predicted molar refractivity (Wildman–Crippen MR) is 112 cm³/mol. The Kier molecular flexibility index (Phi) is 5.18. The first-order valence-corrected chi connectivity index (χ1v) is 9.61. The number of carbonyl (C=O) groups excluding carboxylic acids is 2. The van der Waals surface area contributed by atoms with E-state index < -0.39 is 22.9 Å². The highest BCUT2D eigenvalue weighted by Crippen LogP contribution is 2.25. The molecule has 1 fully saturated rings. The van der Waals surface area contributed by atoms with Gasteiger partial charge in [0.05, 0.1) is 19.2 Å². The molecule has 0 amide bonds. The number of hydrogen-bond donors (Lipinski definition) is 1. The summed E-state index contributed by atoms with van der Waals surface area (Å²) in [6.45, 7) is 0.148. The van der Waals surface area contributed by atoms with E-state index in [1.54, 1.807) is 31.5 Å². The molecule has 1 aliphatic rings. The molecule has 3 aromatic rings. The summed E-state index contributed by atoms with van der Waals surface area (Å²) in [6.07, 6.45) is 2.38. The lowest BCUT2D eigenvalue weighted by Crippen LogP contribution is -2.27. The number of aliphatic hydroxyl groups is 1. The summed E-state index contributed by atoms with van der Waals surface area (Å²) in [4.78, 5) is 42.2. The van der Waals surface area contributed by atoms with E-state index in [0.717, 1.165) is 5.56 Å². The van der Waals surface area contributed by atoms with Crippen molar-refractivity contribution in [3.05, 3.63) is 75.7 Å². The van der Waals surface area contributed by atoms with Crippen molar-refractivity contribution < 1.29 is 19.4 Å². The number of benzene rings is 1. The summed E-state index contributed by atoms with van der Waals surface area (Å²) in [5.74, 6) is -0.829. The maximum absolute atomic E-state index is 13.3. The summed E-state index contributed by atoms with van der Waals surface area (Å²) in [5, 5.41) is 11.4. The van der Waals surface area contributed by atoms with Crippen LogP contribution in [0.2, 0.25) is 0 Å². The Morgan fingerprint density at radius 3 is 2.57 bits per heavy atom. The highest BCUT2D eigenvalue weighted by Gasteiger charge is 2.29. The first kappa shape index (κ1) is 19.6. The van der Waals surface area contributed by atoms with E-state index in [4.69, 9.17) is 4.74 Å². The topological polar surface area (TPSA) is 98.5 Å². The van der Waals surface area contributed by atoms with Gasteiger partial charge in [0, 0.05) is 30.0 Å². The van der Waals surface area contributed by atoms with E-state index in [2.05, 4.69) is 4.98 Å². The maximum Gasteiger partial charge on any atom is 0.263 e. The minimum Gasteiger partial charge on any atom is -0.506 e. The van der Waals surface area contributed by atoms with E-state index in [-0.39, 0.29) is 30.5 Å². The minimum atomic E-state index is -0.561. The van der Waals surface area contributed by atoms with Gasteiger partial charge in [-0.05, 0) is 30.7 Å². The summed E-state index contributed by atoms with van der Waals surface area (Å²) in [6, 6.07) is 12.2. The Bertz CT molecular complexity index is 1240. The van der Waals surface area contributed by atoms with Crippen LogP contribution in [-0.4, -0.2) is 33.3 Å². The third-order valence-corrected chi connectivity index (χ3v) is 5.23. The summed E-state index contributed by atoms with van der Waals surface area (Å²) in [7, 11) is 1.55. The van der Waals surface area contributed by atoms with Gasteiger partial charge in [0.1, 0.15) is 22.7 Å². The Hall–Kier alpha value is -3.74. The van der Waals surface area contributed by atoms with Gasteiger partial charge in [-0.15, -0.1) is 0 Å². The minimum absolute atomic E-state index is 0.0935. The second-order valence-corrected chi connectivity index (χ2v) is 7.10. The van der Waals surface area contributed by atoms with Crippen molar-refractivity contribution in [3.63, 3.8) is 0 Å². The fourth-order valence-corrected chi connectivity index (χ4v) is 3.74. The number of methoxy groups -OCH3 is 1. The van der Waals surface area contributed by atoms with Gasteiger partial charge in [-0.1, -0.05) is 18.2 Å². The maximum atomic E-state index is 13.3. The number of rotatable bonds is 4. The monoisotopic (exact) mass is 404 g/mol. The summed E-state index contributed by atoms with van der Waals surface area (Å²) in [5.41, 5.74) is 0.261. The van der Waals surface area contributed by atoms with Crippen LogP contribution in [-0.2, 0) is 16.1 Å². The lowest BCUT2D eigenvalue weighted by molar-refractivity contribution is -0.123. The SMILES string of the molecule is COc1ccccc1Cn1c(=O)c(C(O)=C2C(=O)CCCC2=O)cc2cccnc21. The zero-order valence-corrected chi connectivity index (χ0v) is 16.4. The van der Waals surface area contributed by atoms with Crippen molar-refractivity contribution in [2.45, 2.75) is 25.8 Å². The average molecular weight is 404 g/mol. The van der Waals surface area contributed by atoms with Gasteiger partial charge in [0.25, 0.3) is 5.56 Å². The molecule has 1 N–H and O–H groups in total. The third kappa shape index (κ3) is 3.39. The molecule has 4 rings (SSSR count). The number of ketones is 2. The smallest absolute Gasteiger partial charge is 0.263 e. The molecule has 0 aliphatic heterocycles. The summed E-state index contributed by atoms with van der Waals surface area (Å²) >= 11 is 0. The van der Waals surface area contributed by atoms with Crippen LogP contribution in [0.25, 0.3) is 16.8 Å². The van der Waals surface area contributed by atoms with E-state index in [0.29, 0.717) is 23.2 Å². The average Bonchev–Trinajstić information content (AvgIpc) is 2.75. The normalized spacial score (nSPS) is 14.2. The lowest BCUT2D eigenvalue weighted by atomic mass is 9.90. The van der Waals surface area contributed by atoms with Crippen LogP contribution in [0.15, 0.2) is 59.0 Å². The molecule has 0 atom stereocenters. The molecule has 1 aromatic carbocycles. The van der Waals surface area contributed by atoms with E-state index in [1.807, 2.05) is 18.2 Å². The van der Waals surface area contributed by atoms with Crippen LogP contribution in [0.3, 0.4) is 0 Å². The van der Waals surface area contributed by atoms with Crippen molar-refractivity contribution in [2.24, 2.45) is 0 Å². The van der Waals surface area contributed by atoms with Crippen molar-refractivity contribution in [1.82, 2.24) is 9.55 Å². The summed E-state index contributed by atoms with van der Waals surface area (Å²) < 4.78 is 6.80. The highest BCUT2D eigenvalue weighted by atomic mass is 16.5. The van der Waals surface area contributed by atoms with Gasteiger partial charge in [0.2, 0.25) is 0 Å². The highest BCUT2D eigenvalue weighted by molar-refractivity contribution is 6.25. The molecular weight excluding hydrogens is 384 g/mol. The number of fused-ring (bicyclic) bond motifs is 1. The molecular formula is C23H20N2O5. The molecule has 1 aliphatic carbocycles. The largest absolute Gasteiger partial charge is 0.506 e. The van der Waals surface area contributed by atoms with Crippen molar-refractivity contribution in [1.29, 1.82) is 0 Å². The van der Waals surface area contributed by atoms with Crippen LogP contribution in [0.5, 0.6) is 5.75 Å². The lowest BCUT2D eigenvalue weighted by Gasteiger charge is -2.16. The number of aromatic nitrogens is 2. The molecule has 7 nitrogen and oxygen atoms in total. The standard InChI is InChI=1S/C23H20N2O5/c1-30-19-10-3-2-6-15(19)13-25-22-14(7-5-11-24-22)12-16(23(25)29)21(28)20-17(26)8-4-9-18(20)27/h2-3,5-7,10-12,28H,4,8-9,13H2,1H3. The fraction of sp³-hybridized carbons (Fsp3) is 0.217. The molecule has 7 heteroatoms. The van der Waals surface area contributed by atoms with Gasteiger partial charge < -0.3 is 9.84 Å². The zero-order chi connectivity index (χ0) is 21.3. The van der Waals surface area contributed by atoms with Crippen LogP contribution < -0.4 is 10.3 Å². The number of carbonyl (C=O) groups is 2. The Labute approximate surface area is 172 Å². The van der Waals surface area contributed by atoms with Crippen LogP contribution in [0.4, 0.5) is 0 Å². The molecule has 0 spiro atoms. The van der Waals surface area contributed by atoms with Gasteiger partial charge in [-0.2, -0.15) is 0 Å². The van der Waals surface area contributed by atoms with Crippen molar-refractivity contribution in [2.75, 3.05) is 7.11 Å². The number of allylic oxidation sites excluding steroid dienone is 1. The molecule has 1 saturated carbocycles. The molecule has 152 valence electrons. The number of ether oxygens (including phenoxy) is 1. The third-order valence-electron chi connectivity index (χ3n) is 5.23. The van der Waals surface area contributed by atoms with Gasteiger partial charge in [-0.25, -0.2) is 4.98 Å². The molecule has 0 bridgehead atoms. The number of para-hydroxylation sites is 1. The van der Waals surface area contributed by atoms with E-state index in [9.17, 15) is 19.5 Å². The second-order valence-electron chi connectivity index (χ2n) is 7.10. The van der Waals surface area contributed by atoms with Crippen molar-refractivity contribution in [3.8, 4) is 5.75 Å². The van der Waals surface area contributed by atoms with Gasteiger partial charge in [-0.3, -0.25) is 19.0 Å². The number of aliphatic hydroxyl groups excluding tert-OH is 1. The fourth-order valence-electron chi connectivity index (χ4n) is 3.74. The van der Waals surface area contributed by atoms with Gasteiger partial charge >= 0.3 is 0 Å². The second kappa shape index (κ2) is 7.94. The Morgan fingerprint density at radius 2 is 1.83 bits per heavy atom. The van der Waals surface area contributed by atoms with E-state index >= 15 is 0 Å². The van der Waals surface area contributed by atoms with Crippen LogP contribution in [0, 0.1) is 0 Å². The Morgan fingerprint density at radius 1 is 1.10 bits per heavy atom. The van der Waals surface area contributed by atoms with E-state index in [1.165, 1.54) is 10.6 Å². The molecule has 0 radical (unpaired) electrons. The zero-order valence-electron chi connectivity index (χ0n) is 16.4. The number of hydrogen-bond acceptors (Lipinski definition) is 6. The van der Waals surface area contributed by atoms with Gasteiger partial charge in [0.15, 0.2) is 11.6 Å². The number of pyridine rings is 2.